The van der Waals surface area contributed by atoms with Crippen LogP contribution in [0.25, 0.3) is 0 Å². The Hall–Kier alpha value is -2.88. The number of esters is 1. The van der Waals surface area contributed by atoms with E-state index >= 15 is 0 Å². The minimum atomic E-state index is -0.638. The van der Waals surface area contributed by atoms with E-state index < -0.39 is 12.0 Å². The molecule has 2 aromatic rings. The Morgan fingerprint density at radius 1 is 1.00 bits per heavy atom. The lowest BCUT2D eigenvalue weighted by molar-refractivity contribution is -0.136. The van der Waals surface area contributed by atoms with E-state index in [0.717, 1.165) is 5.56 Å². The second kappa shape index (κ2) is 7.22. The van der Waals surface area contributed by atoms with Crippen molar-refractivity contribution >= 4 is 11.9 Å². The van der Waals surface area contributed by atoms with Crippen LogP contribution in [0.15, 0.2) is 72.8 Å². The zero-order valence-corrected chi connectivity index (χ0v) is 12.3. The smallest absolute Gasteiger partial charge is 0.335 e. The van der Waals surface area contributed by atoms with Gasteiger partial charge in [-0.05, 0) is 17.7 Å². The van der Waals surface area contributed by atoms with Crippen LogP contribution in [0.1, 0.15) is 22.0 Å². The van der Waals surface area contributed by atoms with Crippen molar-refractivity contribution in [3.63, 3.8) is 0 Å². The van der Waals surface area contributed by atoms with Crippen molar-refractivity contribution in [2.45, 2.75) is 6.04 Å². The number of methoxy groups -OCH3 is 1. The number of hydrogen-bond donors (Lipinski definition) is 1. The highest BCUT2D eigenvalue weighted by molar-refractivity contribution is 5.96. The summed E-state index contributed by atoms with van der Waals surface area (Å²) in [5, 5.41) is 2.83. The van der Waals surface area contributed by atoms with Gasteiger partial charge in [-0.15, -0.1) is 0 Å². The summed E-state index contributed by atoms with van der Waals surface area (Å²) in [4.78, 5) is 24.1. The third kappa shape index (κ3) is 3.61. The fraction of sp³-hybridized carbons (Fsp3) is 0.111. The molecule has 4 nitrogen and oxygen atoms in total. The standard InChI is InChI=1S/C18H17NO3/c1-13(18(21)22-2)16(14-9-5-3-6-10-14)19-17(20)15-11-7-4-8-12-15/h3-12,16H,1H2,2H3,(H,19,20). The van der Waals surface area contributed by atoms with Crippen molar-refractivity contribution in [1.29, 1.82) is 0 Å². The normalized spacial score (nSPS) is 11.3. The monoisotopic (exact) mass is 295 g/mol. The number of ether oxygens (including phenoxy) is 1. The fourth-order valence-electron chi connectivity index (χ4n) is 2.07. The molecule has 22 heavy (non-hydrogen) atoms. The summed E-state index contributed by atoms with van der Waals surface area (Å²) >= 11 is 0. The van der Waals surface area contributed by atoms with E-state index in [-0.39, 0.29) is 11.5 Å². The van der Waals surface area contributed by atoms with Gasteiger partial charge in [0, 0.05) is 5.56 Å². The second-order valence-electron chi connectivity index (χ2n) is 4.70. The molecule has 0 heterocycles. The van der Waals surface area contributed by atoms with Gasteiger partial charge in [-0.2, -0.15) is 0 Å². The van der Waals surface area contributed by atoms with Gasteiger partial charge in [0.15, 0.2) is 0 Å². The summed E-state index contributed by atoms with van der Waals surface area (Å²) in [6.07, 6.45) is 0. The third-order valence-corrected chi connectivity index (χ3v) is 3.24. The predicted molar refractivity (Wildman–Crippen MR) is 84.2 cm³/mol. The molecule has 0 aromatic heterocycles. The number of carbonyl (C=O) groups excluding carboxylic acids is 2. The molecule has 0 aliphatic heterocycles. The van der Waals surface area contributed by atoms with Gasteiger partial charge < -0.3 is 10.1 Å². The van der Waals surface area contributed by atoms with Gasteiger partial charge in [0.2, 0.25) is 0 Å². The van der Waals surface area contributed by atoms with E-state index in [2.05, 4.69) is 11.9 Å². The molecular weight excluding hydrogens is 278 g/mol. The van der Waals surface area contributed by atoms with Gasteiger partial charge in [0.1, 0.15) is 0 Å². The van der Waals surface area contributed by atoms with E-state index in [1.807, 2.05) is 36.4 Å². The Kier molecular flexibility index (Phi) is 5.09. The van der Waals surface area contributed by atoms with Crippen LogP contribution in [0.5, 0.6) is 0 Å². The van der Waals surface area contributed by atoms with Crippen LogP contribution < -0.4 is 5.32 Å². The first-order valence-electron chi connectivity index (χ1n) is 6.81. The number of benzene rings is 2. The molecule has 1 N–H and O–H groups in total. The van der Waals surface area contributed by atoms with Crippen LogP contribution in [0.3, 0.4) is 0 Å². The molecule has 2 rings (SSSR count). The average molecular weight is 295 g/mol. The van der Waals surface area contributed by atoms with Crippen LogP contribution in [0.2, 0.25) is 0 Å². The molecule has 4 heteroatoms. The van der Waals surface area contributed by atoms with Crippen LogP contribution in [0, 0.1) is 0 Å². The number of rotatable bonds is 5. The lowest BCUT2D eigenvalue weighted by Crippen LogP contribution is -2.32. The summed E-state index contributed by atoms with van der Waals surface area (Å²) in [6, 6.07) is 17.3. The largest absolute Gasteiger partial charge is 0.466 e. The highest BCUT2D eigenvalue weighted by atomic mass is 16.5. The van der Waals surface area contributed by atoms with E-state index in [1.165, 1.54) is 7.11 Å². The zero-order chi connectivity index (χ0) is 15.9. The van der Waals surface area contributed by atoms with Crippen molar-refractivity contribution < 1.29 is 14.3 Å². The Morgan fingerprint density at radius 2 is 1.55 bits per heavy atom. The molecule has 1 unspecified atom stereocenters. The number of amides is 1. The molecular formula is C18H17NO3. The molecule has 0 aliphatic carbocycles. The second-order valence-corrected chi connectivity index (χ2v) is 4.70. The Balaban J connectivity index is 2.27. The van der Waals surface area contributed by atoms with E-state index in [0.29, 0.717) is 5.56 Å². The Bertz CT molecular complexity index is 665. The van der Waals surface area contributed by atoms with Gasteiger partial charge in [-0.1, -0.05) is 55.1 Å². The van der Waals surface area contributed by atoms with Crippen molar-refractivity contribution in [1.82, 2.24) is 5.32 Å². The average Bonchev–Trinajstić information content (AvgIpc) is 2.59. The molecule has 0 aliphatic rings. The third-order valence-electron chi connectivity index (χ3n) is 3.24. The van der Waals surface area contributed by atoms with Crippen molar-refractivity contribution in [2.75, 3.05) is 7.11 Å². The lowest BCUT2D eigenvalue weighted by atomic mass is 9.99. The zero-order valence-electron chi connectivity index (χ0n) is 12.3. The maximum atomic E-state index is 12.3. The molecule has 2 aromatic carbocycles. The Morgan fingerprint density at radius 3 is 2.09 bits per heavy atom. The molecule has 1 amide bonds. The topological polar surface area (TPSA) is 55.4 Å². The molecule has 112 valence electrons. The highest BCUT2D eigenvalue weighted by Crippen LogP contribution is 2.22. The van der Waals surface area contributed by atoms with Gasteiger partial charge in [-0.3, -0.25) is 4.79 Å². The number of carbonyl (C=O) groups is 2. The Labute approximate surface area is 129 Å². The molecule has 1 atom stereocenters. The molecule has 0 spiro atoms. The molecule has 0 saturated carbocycles. The van der Waals surface area contributed by atoms with E-state index in [4.69, 9.17) is 4.74 Å². The molecule has 0 fully saturated rings. The number of nitrogens with one attached hydrogen (secondary N) is 1. The summed E-state index contributed by atoms with van der Waals surface area (Å²) in [7, 11) is 1.29. The lowest BCUT2D eigenvalue weighted by Gasteiger charge is -2.20. The minimum absolute atomic E-state index is 0.179. The predicted octanol–water partition coefficient (Wildman–Crippen LogP) is 2.89. The van der Waals surface area contributed by atoms with Gasteiger partial charge in [0.05, 0.1) is 18.7 Å². The van der Waals surface area contributed by atoms with Crippen LogP contribution in [-0.4, -0.2) is 19.0 Å². The SMILES string of the molecule is C=C(C(=O)OC)C(NC(=O)c1ccccc1)c1ccccc1. The van der Waals surface area contributed by atoms with Crippen LogP contribution in [-0.2, 0) is 9.53 Å². The first-order valence-corrected chi connectivity index (χ1v) is 6.81. The first kappa shape index (κ1) is 15.5. The van der Waals surface area contributed by atoms with Gasteiger partial charge >= 0.3 is 5.97 Å². The summed E-state index contributed by atoms with van der Waals surface area (Å²) in [5.74, 6) is -0.832. The van der Waals surface area contributed by atoms with Gasteiger partial charge in [-0.25, -0.2) is 4.79 Å². The van der Waals surface area contributed by atoms with Crippen molar-refractivity contribution in [3.8, 4) is 0 Å². The maximum absolute atomic E-state index is 12.3. The van der Waals surface area contributed by atoms with Crippen LogP contribution >= 0.6 is 0 Å². The molecule has 0 saturated heterocycles. The quantitative estimate of drug-likeness (QED) is 0.681. The first-order chi connectivity index (χ1) is 10.6. The highest BCUT2D eigenvalue weighted by Gasteiger charge is 2.23. The minimum Gasteiger partial charge on any atom is -0.466 e. The van der Waals surface area contributed by atoms with E-state index in [1.54, 1.807) is 24.3 Å². The van der Waals surface area contributed by atoms with Crippen LogP contribution in [0.4, 0.5) is 0 Å². The molecule has 0 radical (unpaired) electrons. The van der Waals surface area contributed by atoms with Crippen molar-refractivity contribution in [3.05, 3.63) is 83.9 Å². The van der Waals surface area contributed by atoms with Gasteiger partial charge in [0.25, 0.3) is 5.91 Å². The summed E-state index contributed by atoms with van der Waals surface area (Å²) in [6.45, 7) is 3.76. The number of hydrogen-bond acceptors (Lipinski definition) is 3. The van der Waals surface area contributed by atoms with Crippen molar-refractivity contribution in [2.24, 2.45) is 0 Å². The summed E-state index contributed by atoms with van der Waals surface area (Å²) in [5.41, 5.74) is 1.46. The summed E-state index contributed by atoms with van der Waals surface area (Å²) < 4.78 is 4.71. The van der Waals surface area contributed by atoms with E-state index in [9.17, 15) is 9.59 Å². The fourth-order valence-corrected chi connectivity index (χ4v) is 2.07. The molecule has 0 bridgehead atoms. The maximum Gasteiger partial charge on any atom is 0.335 e.